The van der Waals surface area contributed by atoms with E-state index in [-0.39, 0.29) is 5.75 Å². The van der Waals surface area contributed by atoms with Gasteiger partial charge in [0.1, 0.15) is 0 Å². The van der Waals surface area contributed by atoms with E-state index in [2.05, 4.69) is 17.1 Å². The summed E-state index contributed by atoms with van der Waals surface area (Å²) in [5.41, 5.74) is 0.905. The van der Waals surface area contributed by atoms with E-state index in [4.69, 9.17) is 4.74 Å². The highest BCUT2D eigenvalue weighted by molar-refractivity contribution is 5.45. The van der Waals surface area contributed by atoms with E-state index in [9.17, 15) is 5.11 Å². The van der Waals surface area contributed by atoms with E-state index in [0.717, 1.165) is 5.56 Å². The minimum absolute atomic E-state index is 0.257. The molecule has 2 N–H and O–H groups in total. The van der Waals surface area contributed by atoms with E-state index in [1.807, 2.05) is 12.1 Å². The summed E-state index contributed by atoms with van der Waals surface area (Å²) in [5.74, 6) is 0.802. The molecule has 4 heteroatoms. The number of likely N-dealkylation sites (tertiary alicyclic amines) is 1. The molecule has 0 amide bonds. The van der Waals surface area contributed by atoms with Gasteiger partial charge in [-0.2, -0.15) is 0 Å². The number of phenols is 1. The zero-order valence-corrected chi connectivity index (χ0v) is 13.3. The maximum Gasteiger partial charge on any atom is 0.162 e. The van der Waals surface area contributed by atoms with Crippen molar-refractivity contribution < 1.29 is 9.84 Å². The molecule has 0 unspecified atom stereocenters. The van der Waals surface area contributed by atoms with Crippen LogP contribution in [-0.4, -0.2) is 42.8 Å². The zero-order valence-electron chi connectivity index (χ0n) is 13.3. The molecule has 1 aromatic rings. The molecule has 21 heavy (non-hydrogen) atoms. The van der Waals surface area contributed by atoms with E-state index in [1.54, 1.807) is 13.2 Å². The summed E-state index contributed by atoms with van der Waals surface area (Å²) < 4.78 is 5.14. The number of hydrogen-bond acceptors (Lipinski definition) is 4. The van der Waals surface area contributed by atoms with Crippen LogP contribution in [0.25, 0.3) is 0 Å². The molecule has 0 saturated carbocycles. The highest BCUT2D eigenvalue weighted by Crippen LogP contribution is 2.29. The quantitative estimate of drug-likeness (QED) is 0.811. The number of ether oxygens (including phenoxy) is 1. The second kappa shape index (κ2) is 8.25. The largest absolute Gasteiger partial charge is 0.504 e. The Kier molecular flexibility index (Phi) is 6.33. The molecule has 4 nitrogen and oxygen atoms in total. The number of para-hydroxylation sites is 1. The summed E-state index contributed by atoms with van der Waals surface area (Å²) in [6.07, 6.45) is 4.95. The van der Waals surface area contributed by atoms with Gasteiger partial charge in [-0.25, -0.2) is 0 Å². The van der Waals surface area contributed by atoms with Gasteiger partial charge in [0, 0.05) is 18.2 Å². The Hall–Kier alpha value is -1.26. The van der Waals surface area contributed by atoms with Crippen molar-refractivity contribution in [1.82, 2.24) is 10.2 Å². The van der Waals surface area contributed by atoms with Gasteiger partial charge in [0.2, 0.25) is 0 Å². The highest BCUT2D eigenvalue weighted by atomic mass is 16.5. The zero-order chi connectivity index (χ0) is 15.1. The van der Waals surface area contributed by atoms with Gasteiger partial charge in [-0.15, -0.1) is 0 Å². The molecule has 1 saturated heterocycles. The number of methoxy groups -OCH3 is 1. The van der Waals surface area contributed by atoms with Crippen molar-refractivity contribution in [2.75, 3.05) is 26.7 Å². The second-order valence-corrected chi connectivity index (χ2v) is 5.82. The number of hydrogen-bond donors (Lipinski definition) is 2. The third-order valence-corrected chi connectivity index (χ3v) is 4.30. The molecule has 0 aromatic heterocycles. The van der Waals surface area contributed by atoms with Crippen LogP contribution in [0, 0.1) is 0 Å². The Morgan fingerprint density at radius 1 is 1.33 bits per heavy atom. The number of unbranched alkanes of at least 4 members (excludes halogenated alkanes) is 1. The summed E-state index contributed by atoms with van der Waals surface area (Å²) in [6.45, 7) is 6.54. The number of aromatic hydroxyl groups is 1. The number of benzene rings is 1. The van der Waals surface area contributed by atoms with Crippen molar-refractivity contribution in [2.24, 2.45) is 0 Å². The fraction of sp³-hybridized carbons (Fsp3) is 0.647. The van der Waals surface area contributed by atoms with Gasteiger partial charge in [-0.1, -0.05) is 25.5 Å². The van der Waals surface area contributed by atoms with Crippen LogP contribution < -0.4 is 10.1 Å². The molecule has 0 atom stereocenters. The normalized spacial score (nSPS) is 17.0. The number of nitrogens with zero attached hydrogens (tertiary/aromatic N) is 1. The fourth-order valence-electron chi connectivity index (χ4n) is 2.87. The van der Waals surface area contributed by atoms with Crippen LogP contribution in [0.1, 0.15) is 38.2 Å². The second-order valence-electron chi connectivity index (χ2n) is 5.82. The Morgan fingerprint density at radius 2 is 2.10 bits per heavy atom. The lowest BCUT2D eigenvalue weighted by Gasteiger charge is -2.32. The van der Waals surface area contributed by atoms with Crippen molar-refractivity contribution in [2.45, 2.75) is 45.2 Å². The molecule has 0 aliphatic carbocycles. The van der Waals surface area contributed by atoms with Crippen molar-refractivity contribution in [3.8, 4) is 11.5 Å². The Bertz CT molecular complexity index is 429. The molecule has 1 aliphatic heterocycles. The Balaban J connectivity index is 1.77. The molecule has 2 rings (SSSR count). The molecule has 0 radical (unpaired) electrons. The van der Waals surface area contributed by atoms with Gasteiger partial charge in [-0.05, 0) is 45.0 Å². The van der Waals surface area contributed by atoms with Crippen molar-refractivity contribution in [3.63, 3.8) is 0 Å². The lowest BCUT2D eigenvalue weighted by Crippen LogP contribution is -2.42. The third-order valence-electron chi connectivity index (χ3n) is 4.30. The minimum atomic E-state index is 0.257. The first-order valence-electron chi connectivity index (χ1n) is 8.05. The number of nitrogens with one attached hydrogen (secondary N) is 1. The predicted octanol–water partition coefficient (Wildman–Crippen LogP) is 2.75. The highest BCUT2D eigenvalue weighted by Gasteiger charge is 2.18. The summed E-state index contributed by atoms with van der Waals surface area (Å²) >= 11 is 0. The molecule has 1 heterocycles. The van der Waals surface area contributed by atoms with Gasteiger partial charge in [0.05, 0.1) is 7.11 Å². The Labute approximate surface area is 128 Å². The van der Waals surface area contributed by atoms with Crippen LogP contribution in [0.2, 0.25) is 0 Å². The number of phenolic OH excluding ortho intramolecular Hbond substituents is 1. The van der Waals surface area contributed by atoms with Crippen LogP contribution in [-0.2, 0) is 6.54 Å². The maximum absolute atomic E-state index is 10.1. The summed E-state index contributed by atoms with van der Waals surface area (Å²) in [5, 5.41) is 13.6. The van der Waals surface area contributed by atoms with Crippen molar-refractivity contribution in [3.05, 3.63) is 23.8 Å². The average molecular weight is 292 g/mol. The van der Waals surface area contributed by atoms with Crippen LogP contribution >= 0.6 is 0 Å². The van der Waals surface area contributed by atoms with Gasteiger partial charge >= 0.3 is 0 Å². The number of piperidine rings is 1. The molecule has 1 fully saturated rings. The van der Waals surface area contributed by atoms with E-state index >= 15 is 0 Å². The predicted molar refractivity (Wildman–Crippen MR) is 85.9 cm³/mol. The van der Waals surface area contributed by atoms with Crippen molar-refractivity contribution in [1.29, 1.82) is 0 Å². The maximum atomic E-state index is 10.1. The lowest BCUT2D eigenvalue weighted by molar-refractivity contribution is 0.194. The van der Waals surface area contributed by atoms with Gasteiger partial charge in [0.25, 0.3) is 0 Å². The fourth-order valence-corrected chi connectivity index (χ4v) is 2.87. The van der Waals surface area contributed by atoms with Gasteiger partial charge < -0.3 is 20.1 Å². The summed E-state index contributed by atoms with van der Waals surface area (Å²) in [6, 6.07) is 6.20. The van der Waals surface area contributed by atoms with Crippen LogP contribution in [0.3, 0.4) is 0 Å². The van der Waals surface area contributed by atoms with E-state index in [1.165, 1.54) is 45.3 Å². The first kappa shape index (κ1) is 16.1. The molecule has 118 valence electrons. The van der Waals surface area contributed by atoms with Crippen LogP contribution in [0.5, 0.6) is 11.5 Å². The smallest absolute Gasteiger partial charge is 0.162 e. The lowest BCUT2D eigenvalue weighted by atomic mass is 10.0. The summed E-state index contributed by atoms with van der Waals surface area (Å²) in [4.78, 5) is 2.56. The molecule has 0 bridgehead atoms. The molecular weight excluding hydrogens is 264 g/mol. The molecule has 1 aromatic carbocycles. The minimum Gasteiger partial charge on any atom is -0.504 e. The molecular formula is C17H28N2O2. The van der Waals surface area contributed by atoms with E-state index in [0.29, 0.717) is 18.3 Å². The monoisotopic (exact) mass is 292 g/mol. The first-order valence-corrected chi connectivity index (χ1v) is 8.05. The SMILES string of the molecule is CCCCN1CCC(NCc2cccc(OC)c2O)CC1. The first-order chi connectivity index (χ1) is 10.2. The molecule has 1 aliphatic rings. The Morgan fingerprint density at radius 3 is 2.76 bits per heavy atom. The van der Waals surface area contributed by atoms with E-state index < -0.39 is 0 Å². The van der Waals surface area contributed by atoms with Gasteiger partial charge in [0.15, 0.2) is 11.5 Å². The molecule has 0 spiro atoms. The number of rotatable bonds is 7. The topological polar surface area (TPSA) is 44.7 Å². The van der Waals surface area contributed by atoms with Gasteiger partial charge in [-0.3, -0.25) is 0 Å². The third kappa shape index (κ3) is 4.61. The van der Waals surface area contributed by atoms with Crippen LogP contribution in [0.4, 0.5) is 0 Å². The summed E-state index contributed by atoms with van der Waals surface area (Å²) in [7, 11) is 1.58. The standard InChI is InChI=1S/C17H28N2O2/c1-3-4-10-19-11-8-15(9-12-19)18-13-14-6-5-7-16(21-2)17(14)20/h5-7,15,18,20H,3-4,8-13H2,1-2H3. The van der Waals surface area contributed by atoms with Crippen LogP contribution in [0.15, 0.2) is 18.2 Å². The van der Waals surface area contributed by atoms with Crippen molar-refractivity contribution >= 4 is 0 Å². The average Bonchev–Trinajstić information content (AvgIpc) is 2.53.